The molecule has 0 radical (unpaired) electrons. The summed E-state index contributed by atoms with van der Waals surface area (Å²) in [5.74, 6) is -0.0886. The fraction of sp³-hybridized carbons (Fsp3) is 0.429. The maximum absolute atomic E-state index is 13.8. The molecule has 3 atom stereocenters. The molecule has 228 valence electrons. The molecule has 0 bridgehead atoms. The number of hydrogen-bond donors (Lipinski definition) is 2. The quantitative estimate of drug-likeness (QED) is 0.365. The van der Waals surface area contributed by atoms with Gasteiger partial charge in [0.2, 0.25) is 5.91 Å². The van der Waals surface area contributed by atoms with Gasteiger partial charge in [-0.3, -0.25) is 14.5 Å². The van der Waals surface area contributed by atoms with Crippen LogP contribution in [0.1, 0.15) is 42.6 Å². The minimum absolute atomic E-state index is 0.0340. The van der Waals surface area contributed by atoms with E-state index >= 15 is 0 Å². The lowest BCUT2D eigenvalue weighted by Gasteiger charge is -2.38. The average Bonchev–Trinajstić information content (AvgIpc) is 3.03. The van der Waals surface area contributed by atoms with Gasteiger partial charge in [-0.05, 0) is 55.6 Å². The van der Waals surface area contributed by atoms with E-state index in [4.69, 9.17) is 9.47 Å². The normalized spacial score (nSPS) is 20.1. The highest BCUT2D eigenvalue weighted by Gasteiger charge is 2.35. The van der Waals surface area contributed by atoms with E-state index in [0.29, 0.717) is 56.1 Å². The number of anilines is 1. The molecule has 5 rings (SSSR count). The van der Waals surface area contributed by atoms with Gasteiger partial charge < -0.3 is 24.8 Å². The number of rotatable bonds is 9. The highest BCUT2D eigenvalue weighted by molar-refractivity contribution is 6.02. The molecule has 8 heteroatoms. The summed E-state index contributed by atoms with van der Waals surface area (Å²) in [6.07, 6.45) is 1.06. The Labute approximate surface area is 254 Å². The van der Waals surface area contributed by atoms with Crippen LogP contribution in [-0.4, -0.2) is 78.8 Å². The van der Waals surface area contributed by atoms with Gasteiger partial charge in [-0.25, -0.2) is 0 Å². The number of para-hydroxylation sites is 1. The SMILES string of the molecule is C[C@@H]1CN([C@H](C)CO)C(=O)c2cccc(NC(=O)C3CCOCC3)c2O[C@H]1CN(C)Cc1ccc(-c2ccccc2)cc1. The summed E-state index contributed by atoms with van der Waals surface area (Å²) in [4.78, 5) is 30.9. The molecule has 0 aliphatic carbocycles. The van der Waals surface area contributed by atoms with Crippen LogP contribution >= 0.6 is 0 Å². The van der Waals surface area contributed by atoms with Crippen LogP contribution in [-0.2, 0) is 16.1 Å². The first-order chi connectivity index (χ1) is 20.8. The lowest BCUT2D eigenvalue weighted by atomic mass is 9.98. The summed E-state index contributed by atoms with van der Waals surface area (Å²) >= 11 is 0. The fourth-order valence-electron chi connectivity index (χ4n) is 5.87. The minimum Gasteiger partial charge on any atom is -0.486 e. The molecule has 0 unspecified atom stereocenters. The van der Waals surface area contributed by atoms with Crippen molar-refractivity contribution in [1.29, 1.82) is 0 Å². The van der Waals surface area contributed by atoms with Crippen LogP contribution < -0.4 is 10.1 Å². The largest absolute Gasteiger partial charge is 0.486 e. The molecule has 8 nitrogen and oxygen atoms in total. The number of fused-ring (bicyclic) bond motifs is 1. The fourth-order valence-corrected chi connectivity index (χ4v) is 5.87. The second kappa shape index (κ2) is 14.2. The molecule has 2 amide bonds. The predicted octanol–water partition coefficient (Wildman–Crippen LogP) is 5.07. The number of ether oxygens (including phenoxy) is 2. The van der Waals surface area contributed by atoms with Gasteiger partial charge in [0.1, 0.15) is 6.10 Å². The monoisotopic (exact) mass is 585 g/mol. The zero-order valence-electron chi connectivity index (χ0n) is 25.4. The van der Waals surface area contributed by atoms with Gasteiger partial charge in [0.05, 0.1) is 23.9 Å². The van der Waals surface area contributed by atoms with Crippen molar-refractivity contribution in [3.8, 4) is 16.9 Å². The first kappa shape index (κ1) is 30.7. The van der Waals surface area contributed by atoms with Crippen molar-refractivity contribution in [2.45, 2.75) is 45.4 Å². The lowest BCUT2D eigenvalue weighted by Crippen LogP contribution is -2.49. The van der Waals surface area contributed by atoms with Crippen molar-refractivity contribution in [2.75, 3.05) is 45.3 Å². The van der Waals surface area contributed by atoms with E-state index in [2.05, 4.69) is 60.6 Å². The molecule has 2 heterocycles. The first-order valence-corrected chi connectivity index (χ1v) is 15.3. The van der Waals surface area contributed by atoms with Gasteiger partial charge in [0.15, 0.2) is 5.75 Å². The number of nitrogens with one attached hydrogen (secondary N) is 1. The van der Waals surface area contributed by atoms with E-state index in [9.17, 15) is 14.7 Å². The third kappa shape index (κ3) is 7.44. The number of nitrogens with zero attached hydrogens (tertiary/aromatic N) is 2. The Kier molecular flexibility index (Phi) is 10.1. The van der Waals surface area contributed by atoms with Crippen molar-refractivity contribution in [3.63, 3.8) is 0 Å². The standard InChI is InChI=1S/C35H43N3O5/c1-24-20-38(25(2)23-39)35(41)30-10-7-11-31(36-34(40)29-16-18-42-19-17-29)33(30)43-32(24)22-37(3)21-26-12-14-28(15-13-26)27-8-5-4-6-9-27/h4-15,24-25,29,32,39H,16-23H2,1-3H3,(H,36,40)/t24-,25-,32+/m1/s1. The number of hydrogen-bond acceptors (Lipinski definition) is 6. The number of benzene rings is 3. The molecule has 3 aromatic carbocycles. The third-order valence-corrected chi connectivity index (χ3v) is 8.55. The highest BCUT2D eigenvalue weighted by atomic mass is 16.5. The predicted molar refractivity (Wildman–Crippen MR) is 168 cm³/mol. The van der Waals surface area contributed by atoms with Crippen LogP contribution in [0.15, 0.2) is 72.8 Å². The zero-order chi connectivity index (χ0) is 30.3. The van der Waals surface area contributed by atoms with E-state index in [1.54, 1.807) is 23.1 Å². The summed E-state index contributed by atoms with van der Waals surface area (Å²) in [7, 11) is 2.07. The molecule has 2 aliphatic heterocycles. The number of amides is 2. The van der Waals surface area contributed by atoms with Crippen molar-refractivity contribution in [2.24, 2.45) is 11.8 Å². The van der Waals surface area contributed by atoms with Crippen molar-refractivity contribution < 1.29 is 24.2 Å². The molecule has 1 saturated heterocycles. The number of carbonyl (C=O) groups excluding carboxylic acids is 2. The van der Waals surface area contributed by atoms with Crippen LogP contribution in [0.3, 0.4) is 0 Å². The van der Waals surface area contributed by atoms with E-state index in [1.165, 1.54) is 16.7 Å². The maximum atomic E-state index is 13.8. The molecule has 0 aromatic heterocycles. The Hall–Kier alpha value is -3.72. The second-order valence-corrected chi connectivity index (χ2v) is 11.9. The van der Waals surface area contributed by atoms with Crippen molar-refractivity contribution in [3.05, 3.63) is 83.9 Å². The van der Waals surface area contributed by atoms with Gasteiger partial charge in [-0.1, -0.05) is 67.6 Å². The Morgan fingerprint density at radius 2 is 1.72 bits per heavy atom. The summed E-state index contributed by atoms with van der Waals surface area (Å²) in [5, 5.41) is 13.0. The number of aliphatic hydroxyl groups excluding tert-OH is 1. The molecular weight excluding hydrogens is 542 g/mol. The van der Waals surface area contributed by atoms with Crippen LogP contribution in [0.4, 0.5) is 5.69 Å². The first-order valence-electron chi connectivity index (χ1n) is 15.3. The summed E-state index contributed by atoms with van der Waals surface area (Å²) in [5.41, 5.74) is 4.45. The van der Waals surface area contributed by atoms with E-state index in [1.807, 2.05) is 25.1 Å². The Bertz CT molecular complexity index is 1370. The molecule has 43 heavy (non-hydrogen) atoms. The van der Waals surface area contributed by atoms with Gasteiger partial charge in [-0.15, -0.1) is 0 Å². The minimum atomic E-state index is -0.358. The van der Waals surface area contributed by atoms with E-state index in [0.717, 1.165) is 6.54 Å². The maximum Gasteiger partial charge on any atom is 0.258 e. The number of likely N-dealkylation sites (N-methyl/N-ethyl adjacent to an activating group) is 1. The molecule has 0 spiro atoms. The molecular formula is C35H43N3O5. The van der Waals surface area contributed by atoms with Crippen LogP contribution in [0.25, 0.3) is 11.1 Å². The van der Waals surface area contributed by atoms with Gasteiger partial charge >= 0.3 is 0 Å². The van der Waals surface area contributed by atoms with Crippen LogP contribution in [0.2, 0.25) is 0 Å². The smallest absolute Gasteiger partial charge is 0.258 e. The highest BCUT2D eigenvalue weighted by Crippen LogP contribution is 2.35. The summed E-state index contributed by atoms with van der Waals surface area (Å²) in [6.45, 7) is 6.70. The van der Waals surface area contributed by atoms with Crippen molar-refractivity contribution in [1.82, 2.24) is 9.80 Å². The molecule has 3 aromatic rings. The Morgan fingerprint density at radius 1 is 1.02 bits per heavy atom. The van der Waals surface area contributed by atoms with Gasteiger partial charge in [0.25, 0.3) is 5.91 Å². The molecule has 0 saturated carbocycles. The Morgan fingerprint density at radius 3 is 2.42 bits per heavy atom. The van der Waals surface area contributed by atoms with E-state index < -0.39 is 0 Å². The second-order valence-electron chi connectivity index (χ2n) is 11.9. The van der Waals surface area contributed by atoms with Gasteiger partial charge in [-0.2, -0.15) is 0 Å². The van der Waals surface area contributed by atoms with Crippen LogP contribution in [0, 0.1) is 11.8 Å². The lowest BCUT2D eigenvalue weighted by molar-refractivity contribution is -0.122. The zero-order valence-corrected chi connectivity index (χ0v) is 25.4. The summed E-state index contributed by atoms with van der Waals surface area (Å²) in [6, 6.07) is 23.9. The Balaban J connectivity index is 1.37. The molecule has 2 N–H and O–H groups in total. The molecule has 2 aliphatic rings. The average molecular weight is 586 g/mol. The van der Waals surface area contributed by atoms with Crippen molar-refractivity contribution >= 4 is 17.5 Å². The third-order valence-electron chi connectivity index (χ3n) is 8.55. The van der Waals surface area contributed by atoms with Gasteiger partial charge in [0, 0.05) is 44.7 Å². The number of carbonyl (C=O) groups is 2. The van der Waals surface area contributed by atoms with Crippen LogP contribution in [0.5, 0.6) is 5.75 Å². The summed E-state index contributed by atoms with van der Waals surface area (Å²) < 4.78 is 12.1. The molecule has 1 fully saturated rings. The topological polar surface area (TPSA) is 91.3 Å². The number of aliphatic hydroxyl groups is 1. The van der Waals surface area contributed by atoms with E-state index in [-0.39, 0.29) is 42.4 Å².